The molecule has 2 aliphatic rings. The zero-order chi connectivity index (χ0) is 15.6. The number of likely N-dealkylation sites (tertiary alicyclic amines) is 1. The number of nitrogens with zero attached hydrogens (tertiary/aromatic N) is 2. The highest BCUT2D eigenvalue weighted by atomic mass is 32.1. The van der Waals surface area contributed by atoms with E-state index >= 15 is 0 Å². The number of pyridine rings is 1. The third-order valence-electron chi connectivity index (χ3n) is 4.82. The number of hydrogen-bond acceptors (Lipinski definition) is 5. The van der Waals surface area contributed by atoms with Crippen molar-refractivity contribution < 1.29 is 9.47 Å². The Morgan fingerprint density at radius 2 is 2.30 bits per heavy atom. The summed E-state index contributed by atoms with van der Waals surface area (Å²) in [5.41, 5.74) is 1.02. The number of aromatic nitrogens is 1. The SMILES string of the molecule is Cc1ccc(OC[C@@H]2CO[C@H]3CN(Cc4cccs4)C[C@@H]23)cn1. The van der Waals surface area contributed by atoms with Crippen molar-refractivity contribution in [1.82, 2.24) is 9.88 Å². The largest absolute Gasteiger partial charge is 0.492 e. The minimum Gasteiger partial charge on any atom is -0.492 e. The second-order valence-electron chi connectivity index (χ2n) is 6.52. The molecule has 4 rings (SSSR count). The molecule has 0 radical (unpaired) electrons. The van der Waals surface area contributed by atoms with Gasteiger partial charge in [-0.1, -0.05) is 6.07 Å². The summed E-state index contributed by atoms with van der Waals surface area (Å²) < 4.78 is 11.9. The molecule has 4 nitrogen and oxygen atoms in total. The minimum absolute atomic E-state index is 0.375. The molecule has 0 aliphatic carbocycles. The van der Waals surface area contributed by atoms with E-state index in [2.05, 4.69) is 27.4 Å². The maximum atomic E-state index is 6.01. The predicted octanol–water partition coefficient (Wildman–Crippen LogP) is 2.98. The van der Waals surface area contributed by atoms with E-state index in [4.69, 9.17) is 9.47 Å². The van der Waals surface area contributed by atoms with Crippen molar-refractivity contribution in [3.05, 3.63) is 46.4 Å². The zero-order valence-corrected chi connectivity index (χ0v) is 14.2. The Labute approximate surface area is 141 Å². The van der Waals surface area contributed by atoms with Crippen LogP contribution in [-0.2, 0) is 11.3 Å². The van der Waals surface area contributed by atoms with Crippen LogP contribution in [0.4, 0.5) is 0 Å². The fourth-order valence-corrected chi connectivity index (χ4v) is 4.29. The molecule has 0 aromatic carbocycles. The number of ether oxygens (including phenoxy) is 2. The summed E-state index contributed by atoms with van der Waals surface area (Å²) in [5, 5.41) is 2.15. The van der Waals surface area contributed by atoms with Crippen LogP contribution in [0.25, 0.3) is 0 Å². The van der Waals surface area contributed by atoms with Gasteiger partial charge >= 0.3 is 0 Å². The van der Waals surface area contributed by atoms with Gasteiger partial charge in [0, 0.05) is 42.0 Å². The Bertz CT molecular complexity index is 629. The Morgan fingerprint density at radius 3 is 3.09 bits per heavy atom. The lowest BCUT2D eigenvalue weighted by molar-refractivity contribution is 0.0899. The van der Waals surface area contributed by atoms with Gasteiger partial charge in [-0.15, -0.1) is 11.3 Å². The van der Waals surface area contributed by atoms with E-state index in [-0.39, 0.29) is 0 Å². The second-order valence-corrected chi connectivity index (χ2v) is 7.55. The molecular formula is C18H22N2O2S. The smallest absolute Gasteiger partial charge is 0.137 e. The molecule has 0 spiro atoms. The van der Waals surface area contributed by atoms with Crippen LogP contribution in [-0.4, -0.2) is 42.3 Å². The number of rotatable bonds is 5. The molecule has 0 N–H and O–H groups in total. The molecular weight excluding hydrogens is 308 g/mol. The first kappa shape index (κ1) is 15.1. The molecule has 2 aromatic rings. The Balaban J connectivity index is 1.32. The van der Waals surface area contributed by atoms with Gasteiger partial charge in [-0.2, -0.15) is 0 Å². The van der Waals surface area contributed by atoms with Crippen LogP contribution in [0.5, 0.6) is 5.75 Å². The molecule has 3 atom stereocenters. The van der Waals surface area contributed by atoms with Crippen LogP contribution in [0, 0.1) is 18.8 Å². The molecule has 5 heteroatoms. The van der Waals surface area contributed by atoms with Crippen LogP contribution in [0.15, 0.2) is 35.8 Å². The van der Waals surface area contributed by atoms with Crippen LogP contribution in [0.3, 0.4) is 0 Å². The maximum Gasteiger partial charge on any atom is 0.137 e. The van der Waals surface area contributed by atoms with Crippen LogP contribution < -0.4 is 4.74 Å². The summed E-state index contributed by atoms with van der Waals surface area (Å²) in [7, 11) is 0. The third-order valence-corrected chi connectivity index (χ3v) is 5.68. The molecule has 2 fully saturated rings. The highest BCUT2D eigenvalue weighted by Crippen LogP contribution is 2.35. The topological polar surface area (TPSA) is 34.6 Å². The Morgan fingerprint density at radius 1 is 1.35 bits per heavy atom. The van der Waals surface area contributed by atoms with Crippen LogP contribution in [0.1, 0.15) is 10.6 Å². The molecule has 2 saturated heterocycles. The van der Waals surface area contributed by atoms with E-state index in [9.17, 15) is 0 Å². The molecule has 0 bridgehead atoms. The summed E-state index contributed by atoms with van der Waals surface area (Å²) in [6.07, 6.45) is 2.18. The van der Waals surface area contributed by atoms with Gasteiger partial charge in [-0.05, 0) is 30.5 Å². The van der Waals surface area contributed by atoms with Crippen molar-refractivity contribution in [3.63, 3.8) is 0 Å². The molecule has 2 aliphatic heterocycles. The lowest BCUT2D eigenvalue weighted by atomic mass is 9.94. The third kappa shape index (κ3) is 3.42. The molecule has 23 heavy (non-hydrogen) atoms. The second kappa shape index (κ2) is 6.59. The van der Waals surface area contributed by atoms with Crippen molar-refractivity contribution in [2.24, 2.45) is 11.8 Å². The highest BCUT2D eigenvalue weighted by molar-refractivity contribution is 7.09. The molecule has 2 aromatic heterocycles. The zero-order valence-electron chi connectivity index (χ0n) is 13.4. The minimum atomic E-state index is 0.375. The quantitative estimate of drug-likeness (QED) is 0.844. The number of hydrogen-bond donors (Lipinski definition) is 0. The van der Waals surface area contributed by atoms with Gasteiger partial charge in [0.1, 0.15) is 5.75 Å². The number of aryl methyl sites for hydroxylation is 1. The van der Waals surface area contributed by atoms with E-state index in [1.54, 1.807) is 6.20 Å². The average Bonchev–Trinajstić information content (AvgIpc) is 3.25. The van der Waals surface area contributed by atoms with Crippen LogP contribution >= 0.6 is 11.3 Å². The highest BCUT2D eigenvalue weighted by Gasteiger charge is 2.43. The Hall–Kier alpha value is -1.43. The molecule has 4 heterocycles. The van der Waals surface area contributed by atoms with E-state index in [0.29, 0.717) is 17.9 Å². The maximum absolute atomic E-state index is 6.01. The summed E-state index contributed by atoms with van der Waals surface area (Å²) in [4.78, 5) is 8.23. The van der Waals surface area contributed by atoms with Gasteiger partial charge < -0.3 is 9.47 Å². The summed E-state index contributed by atoms with van der Waals surface area (Å²) >= 11 is 1.83. The first-order valence-electron chi connectivity index (χ1n) is 8.20. The van der Waals surface area contributed by atoms with E-state index in [0.717, 1.165) is 44.3 Å². The summed E-state index contributed by atoms with van der Waals surface area (Å²) in [6.45, 7) is 6.73. The van der Waals surface area contributed by atoms with Crippen molar-refractivity contribution in [1.29, 1.82) is 0 Å². The molecule has 0 unspecified atom stereocenters. The first-order chi connectivity index (χ1) is 11.3. The van der Waals surface area contributed by atoms with Gasteiger partial charge in [0.2, 0.25) is 0 Å². The van der Waals surface area contributed by atoms with Gasteiger partial charge in [0.25, 0.3) is 0 Å². The van der Waals surface area contributed by atoms with Gasteiger partial charge in [-0.25, -0.2) is 0 Å². The normalized spacial score (nSPS) is 27.3. The lowest BCUT2D eigenvalue weighted by Crippen LogP contribution is -2.26. The van der Waals surface area contributed by atoms with E-state index < -0.39 is 0 Å². The van der Waals surface area contributed by atoms with Gasteiger partial charge in [0.05, 0.1) is 25.5 Å². The predicted molar refractivity (Wildman–Crippen MR) is 90.8 cm³/mol. The van der Waals surface area contributed by atoms with E-state index in [1.807, 2.05) is 30.4 Å². The van der Waals surface area contributed by atoms with E-state index in [1.165, 1.54) is 4.88 Å². The number of fused-ring (bicyclic) bond motifs is 1. The molecule has 0 saturated carbocycles. The monoisotopic (exact) mass is 330 g/mol. The molecule has 0 amide bonds. The average molecular weight is 330 g/mol. The van der Waals surface area contributed by atoms with Gasteiger partial charge in [-0.3, -0.25) is 9.88 Å². The fraction of sp³-hybridized carbons (Fsp3) is 0.500. The van der Waals surface area contributed by atoms with Crippen molar-refractivity contribution >= 4 is 11.3 Å². The van der Waals surface area contributed by atoms with Crippen molar-refractivity contribution in [2.75, 3.05) is 26.3 Å². The van der Waals surface area contributed by atoms with Crippen molar-refractivity contribution in [3.8, 4) is 5.75 Å². The van der Waals surface area contributed by atoms with Crippen LogP contribution in [0.2, 0.25) is 0 Å². The lowest BCUT2D eigenvalue weighted by Gasteiger charge is -2.19. The number of thiophene rings is 1. The Kier molecular flexibility index (Phi) is 4.33. The first-order valence-corrected chi connectivity index (χ1v) is 9.08. The summed E-state index contributed by atoms with van der Waals surface area (Å²) in [6, 6.07) is 8.32. The fourth-order valence-electron chi connectivity index (χ4n) is 3.55. The standard InChI is InChI=1S/C18H22N2O2S/c1-13-4-5-15(7-19-13)21-11-14-12-22-18-10-20(9-17(14)18)8-16-3-2-6-23-16/h2-7,14,17-18H,8-12H2,1H3/t14-,17+,18+/m1/s1. The van der Waals surface area contributed by atoms with Crippen molar-refractivity contribution in [2.45, 2.75) is 19.6 Å². The molecule has 122 valence electrons. The van der Waals surface area contributed by atoms with Gasteiger partial charge in [0.15, 0.2) is 0 Å². The summed E-state index contributed by atoms with van der Waals surface area (Å²) in [5.74, 6) is 1.93.